The van der Waals surface area contributed by atoms with Gasteiger partial charge in [-0.3, -0.25) is 0 Å². The fraction of sp³-hybridized carbons (Fsp3) is 0. The first-order valence-corrected chi connectivity index (χ1v) is 0. The molecule has 4 heteroatoms. The maximum atomic E-state index is 0. The third kappa shape index (κ3) is 8.87. The van der Waals surface area contributed by atoms with Gasteiger partial charge in [-0.05, 0) is 11.0 Å². The van der Waals surface area contributed by atoms with Crippen molar-refractivity contribution < 1.29 is 39.4 Å². The molecule has 0 spiro atoms. The van der Waals surface area contributed by atoms with E-state index in [1.54, 1.807) is 0 Å². The van der Waals surface area contributed by atoms with Gasteiger partial charge in [0.15, 0.2) is 0 Å². The van der Waals surface area contributed by atoms with Gasteiger partial charge in [0.2, 0.25) is 0 Å². The van der Waals surface area contributed by atoms with Crippen molar-refractivity contribution in [3.63, 3.8) is 0 Å². The van der Waals surface area contributed by atoms with Gasteiger partial charge in [0.05, 0.1) is 0 Å². The van der Waals surface area contributed by atoms with Crippen molar-refractivity contribution in [1.82, 2.24) is 0 Å². The molecule has 0 heterocycles. The summed E-state index contributed by atoms with van der Waals surface area (Å²) in [5.74, 6) is 0. The molecule has 0 nitrogen and oxygen atoms in total. The minimum absolute atomic E-state index is 0. The van der Waals surface area contributed by atoms with Crippen LogP contribution in [-0.2, 0) is 36.5 Å². The van der Waals surface area contributed by atoms with E-state index in [-0.39, 0.29) is 99.2 Å². The molecule has 0 aromatic carbocycles. The van der Waals surface area contributed by atoms with Crippen molar-refractivity contribution >= 4 is 59.8 Å². The molecule has 0 aromatic heterocycles. The summed E-state index contributed by atoms with van der Waals surface area (Å²) < 4.78 is 0. The molecule has 4 heavy (non-hydrogen) atoms. The first-order chi connectivity index (χ1) is 0. The molecule has 21 valence electrons. The monoisotopic (exact) mass is 291 g/mol. The van der Waals surface area contributed by atoms with Gasteiger partial charge in [-0.1, -0.05) is 0 Å². The fourth-order valence-electron chi connectivity index (χ4n) is 0. The van der Waals surface area contributed by atoms with Crippen molar-refractivity contribution in [2.75, 3.05) is 0 Å². The van der Waals surface area contributed by atoms with Crippen LogP contribution in [0.25, 0.3) is 0 Å². The van der Waals surface area contributed by atoms with Crippen LogP contribution >= 0.6 is 0 Å². The molecule has 0 saturated heterocycles. The summed E-state index contributed by atoms with van der Waals surface area (Å²) in [5.41, 5.74) is 0. The van der Waals surface area contributed by atoms with Crippen LogP contribution < -0.4 is 0 Å². The minimum atomic E-state index is 0. The number of hydrogen-bond donors (Lipinski definition) is 0. The topological polar surface area (TPSA) is 0 Å². The van der Waals surface area contributed by atoms with Gasteiger partial charge in [-0.15, -0.1) is 0 Å². The summed E-state index contributed by atoms with van der Waals surface area (Å²) in [6.07, 6.45) is 0. The molecule has 0 unspecified atom stereocenters. The molecule has 0 aliphatic rings. The zero-order valence-corrected chi connectivity index (χ0v) is 10.4. The molecule has 0 aromatic rings. The maximum absolute atomic E-state index is 0. The Balaban J connectivity index is 0. The second kappa shape index (κ2) is 16.8. The van der Waals surface area contributed by atoms with Crippen molar-refractivity contribution in [3.05, 3.63) is 0 Å². The SMILES string of the molecule is [Ba+2].[H-].[H-].[Mn].[SiH4].[Zn]. The Labute approximate surface area is 97.2 Å². The van der Waals surface area contributed by atoms with Gasteiger partial charge in [0.1, 0.15) is 0 Å². The van der Waals surface area contributed by atoms with Crippen molar-refractivity contribution in [2.24, 2.45) is 0 Å². The molecule has 0 aliphatic heterocycles. The van der Waals surface area contributed by atoms with Crippen molar-refractivity contribution in [3.8, 4) is 0 Å². The molecule has 0 N–H and O–H groups in total. The van der Waals surface area contributed by atoms with Crippen LogP contribution in [0.1, 0.15) is 2.85 Å². The Morgan fingerprint density at radius 3 is 1.25 bits per heavy atom. The number of rotatable bonds is 0. The quantitative estimate of drug-likeness (QED) is 0.471. The maximum Gasteiger partial charge on any atom is 2.00 e. The fourth-order valence-corrected chi connectivity index (χ4v) is 0. The number of hydrogen-bond acceptors (Lipinski definition) is 0. The summed E-state index contributed by atoms with van der Waals surface area (Å²) in [6.45, 7) is 0. The van der Waals surface area contributed by atoms with Crippen molar-refractivity contribution in [2.45, 2.75) is 0 Å². The molecule has 0 atom stereocenters. The van der Waals surface area contributed by atoms with Crippen LogP contribution in [0.15, 0.2) is 0 Å². The van der Waals surface area contributed by atoms with E-state index in [1.807, 2.05) is 0 Å². The van der Waals surface area contributed by atoms with E-state index >= 15 is 0 Å². The van der Waals surface area contributed by atoms with Crippen LogP contribution in [0.3, 0.4) is 0 Å². The van der Waals surface area contributed by atoms with Crippen LogP contribution in [0.2, 0.25) is 0 Å². The standard InChI is InChI=1S/Ba.Mn.H4Si.Zn.2H/h;;1H4;;;/q+2;;;;2*-1. The van der Waals surface area contributed by atoms with Crippen LogP contribution in [-0.4, -0.2) is 59.8 Å². The van der Waals surface area contributed by atoms with Gasteiger partial charge in [-0.25, -0.2) is 0 Å². The largest absolute Gasteiger partial charge is 2.00 e. The minimum Gasteiger partial charge on any atom is -1.00 e. The summed E-state index contributed by atoms with van der Waals surface area (Å²) in [4.78, 5) is 0. The molecular formula is H6BaMnSiZn. The first-order valence-electron chi connectivity index (χ1n) is 0. The predicted octanol–water partition coefficient (Wildman–Crippen LogP) is -1.61. The van der Waals surface area contributed by atoms with E-state index in [0.29, 0.717) is 0 Å². The normalized spacial score (nSPS) is 0. The van der Waals surface area contributed by atoms with E-state index in [4.69, 9.17) is 0 Å². The summed E-state index contributed by atoms with van der Waals surface area (Å²) in [5, 5.41) is 0. The average molecular weight is 292 g/mol. The summed E-state index contributed by atoms with van der Waals surface area (Å²) >= 11 is 0. The average Bonchev–Trinajstić information content (AvgIpc) is 0. The molecule has 0 aliphatic carbocycles. The third-order valence-electron chi connectivity index (χ3n) is 0. The van der Waals surface area contributed by atoms with Crippen LogP contribution in [0.4, 0.5) is 0 Å². The van der Waals surface area contributed by atoms with Crippen LogP contribution in [0.5, 0.6) is 0 Å². The second-order valence-electron chi connectivity index (χ2n) is 0. The Bertz CT molecular complexity index is 13.5. The van der Waals surface area contributed by atoms with E-state index < -0.39 is 0 Å². The van der Waals surface area contributed by atoms with E-state index in [2.05, 4.69) is 0 Å². The second-order valence-corrected chi connectivity index (χ2v) is 0. The van der Waals surface area contributed by atoms with Crippen molar-refractivity contribution in [1.29, 1.82) is 0 Å². The molecule has 0 bridgehead atoms. The van der Waals surface area contributed by atoms with Gasteiger partial charge < -0.3 is 2.85 Å². The third-order valence-corrected chi connectivity index (χ3v) is 0. The van der Waals surface area contributed by atoms with E-state index in [1.165, 1.54) is 0 Å². The van der Waals surface area contributed by atoms with Crippen LogP contribution in [0, 0.1) is 0 Å². The molecule has 0 amide bonds. The zero-order chi connectivity index (χ0) is 0. The van der Waals surface area contributed by atoms with E-state index in [0.717, 1.165) is 0 Å². The Hall–Kier alpha value is 2.93. The van der Waals surface area contributed by atoms with Gasteiger partial charge in [0.25, 0.3) is 0 Å². The molecule has 0 rings (SSSR count). The summed E-state index contributed by atoms with van der Waals surface area (Å²) in [6, 6.07) is 0. The summed E-state index contributed by atoms with van der Waals surface area (Å²) in [7, 11) is 0. The molecular weight excluding hydrogens is 286 g/mol. The molecule has 1 radical (unpaired) electrons. The zero-order valence-electron chi connectivity index (χ0n) is 3.79. The first kappa shape index (κ1) is 28.4. The van der Waals surface area contributed by atoms with Gasteiger partial charge >= 0.3 is 48.9 Å². The van der Waals surface area contributed by atoms with Gasteiger partial charge in [0, 0.05) is 36.5 Å². The molecule has 0 saturated carbocycles. The smallest absolute Gasteiger partial charge is 1.00 e. The Morgan fingerprint density at radius 2 is 1.25 bits per heavy atom. The Kier molecular flexibility index (Phi) is 119. The molecule has 0 fully saturated rings. The predicted molar refractivity (Wildman–Crippen MR) is 19.3 cm³/mol. The Morgan fingerprint density at radius 1 is 1.25 bits per heavy atom. The van der Waals surface area contributed by atoms with E-state index in [9.17, 15) is 0 Å². The van der Waals surface area contributed by atoms with Gasteiger partial charge in [-0.2, -0.15) is 0 Å².